The zero-order chi connectivity index (χ0) is 17.2. The summed E-state index contributed by atoms with van der Waals surface area (Å²) >= 11 is 1.34. The highest BCUT2D eigenvalue weighted by atomic mass is 32.1. The molecular formula is C18H15NO5S. The van der Waals surface area contributed by atoms with Crippen LogP contribution < -0.4 is 4.74 Å². The van der Waals surface area contributed by atoms with Gasteiger partial charge in [0, 0.05) is 0 Å². The van der Waals surface area contributed by atoms with E-state index in [2.05, 4.69) is 4.98 Å². The minimum Gasteiger partial charge on any atom is -0.487 e. The molecular weight excluding hydrogens is 342 g/mol. The van der Waals surface area contributed by atoms with E-state index in [9.17, 15) is 9.90 Å². The maximum atomic E-state index is 11.6. The monoisotopic (exact) mass is 357 g/mol. The first-order valence-corrected chi connectivity index (χ1v) is 8.65. The first-order valence-electron chi connectivity index (χ1n) is 7.77. The number of carboxylic acids is 1. The van der Waals surface area contributed by atoms with E-state index in [-0.39, 0.29) is 5.56 Å². The molecule has 2 aromatic carbocycles. The lowest BCUT2D eigenvalue weighted by Gasteiger charge is -2.17. The Bertz CT molecular complexity index is 902. The van der Waals surface area contributed by atoms with E-state index >= 15 is 0 Å². The Morgan fingerprint density at radius 2 is 2.04 bits per heavy atom. The standard InChI is InChI=1S/C18H15NO5S/c20-17(21)12-8-13(18-22-6-7-23-18)15(16-14(12)19-10-25-16)24-9-11-4-2-1-3-5-11/h1-5,8,10,18H,6-7,9H2,(H,20,21). The molecule has 128 valence electrons. The first-order chi connectivity index (χ1) is 12.2. The van der Waals surface area contributed by atoms with Gasteiger partial charge in [0.1, 0.15) is 12.4 Å². The van der Waals surface area contributed by atoms with Gasteiger partial charge in [-0.25, -0.2) is 9.78 Å². The van der Waals surface area contributed by atoms with Gasteiger partial charge < -0.3 is 19.3 Å². The minimum absolute atomic E-state index is 0.123. The molecule has 25 heavy (non-hydrogen) atoms. The van der Waals surface area contributed by atoms with E-state index < -0.39 is 12.3 Å². The lowest BCUT2D eigenvalue weighted by Crippen LogP contribution is -2.08. The van der Waals surface area contributed by atoms with Crippen LogP contribution in [-0.4, -0.2) is 29.3 Å². The highest BCUT2D eigenvalue weighted by molar-refractivity contribution is 7.17. The Kier molecular flexibility index (Phi) is 4.35. The van der Waals surface area contributed by atoms with Crippen molar-refractivity contribution in [3.63, 3.8) is 0 Å². The van der Waals surface area contributed by atoms with Gasteiger partial charge in [-0.1, -0.05) is 30.3 Å². The van der Waals surface area contributed by atoms with Crippen LogP contribution in [0.3, 0.4) is 0 Å². The van der Waals surface area contributed by atoms with Gasteiger partial charge in [0.15, 0.2) is 6.29 Å². The van der Waals surface area contributed by atoms with Gasteiger partial charge in [0.05, 0.1) is 40.1 Å². The fourth-order valence-corrected chi connectivity index (χ4v) is 3.60. The molecule has 7 heteroatoms. The van der Waals surface area contributed by atoms with E-state index in [1.165, 1.54) is 11.3 Å². The van der Waals surface area contributed by atoms with E-state index in [1.54, 1.807) is 11.6 Å². The molecule has 0 amide bonds. The van der Waals surface area contributed by atoms with Gasteiger partial charge in [-0.2, -0.15) is 0 Å². The molecule has 1 N–H and O–H groups in total. The SMILES string of the molecule is O=C(O)c1cc(C2OCCO2)c(OCc2ccccc2)c2scnc12. The summed E-state index contributed by atoms with van der Waals surface area (Å²) in [5.74, 6) is -0.469. The number of aromatic nitrogens is 1. The van der Waals surface area contributed by atoms with Crippen molar-refractivity contribution in [2.45, 2.75) is 12.9 Å². The average Bonchev–Trinajstić information content (AvgIpc) is 3.31. The predicted octanol–water partition coefficient (Wildman–Crippen LogP) is 3.62. The molecule has 0 radical (unpaired) electrons. The van der Waals surface area contributed by atoms with Crippen molar-refractivity contribution < 1.29 is 24.1 Å². The quantitative estimate of drug-likeness (QED) is 0.751. The number of aromatic carboxylic acids is 1. The molecule has 0 unspecified atom stereocenters. The summed E-state index contributed by atoms with van der Waals surface area (Å²) in [6.07, 6.45) is -0.629. The van der Waals surface area contributed by atoms with Crippen LogP contribution in [0.15, 0.2) is 41.9 Å². The third-order valence-corrected chi connectivity index (χ3v) is 4.75. The summed E-state index contributed by atoms with van der Waals surface area (Å²) < 4.78 is 17.9. The van der Waals surface area contributed by atoms with Gasteiger partial charge in [-0.05, 0) is 11.6 Å². The van der Waals surface area contributed by atoms with Crippen LogP contribution >= 0.6 is 11.3 Å². The van der Waals surface area contributed by atoms with Crippen LogP contribution in [0.5, 0.6) is 5.75 Å². The third kappa shape index (κ3) is 3.09. The average molecular weight is 357 g/mol. The number of fused-ring (bicyclic) bond motifs is 1. The summed E-state index contributed by atoms with van der Waals surface area (Å²) in [5, 5.41) is 9.51. The predicted molar refractivity (Wildman–Crippen MR) is 92.0 cm³/mol. The van der Waals surface area contributed by atoms with Crippen LogP contribution in [0.4, 0.5) is 0 Å². The van der Waals surface area contributed by atoms with Crippen LogP contribution in [0.1, 0.15) is 27.8 Å². The molecule has 2 heterocycles. The van der Waals surface area contributed by atoms with Gasteiger partial charge in [0.2, 0.25) is 0 Å². The van der Waals surface area contributed by atoms with Gasteiger partial charge in [0.25, 0.3) is 0 Å². The van der Waals surface area contributed by atoms with Crippen molar-refractivity contribution >= 4 is 27.5 Å². The molecule has 4 rings (SSSR count). The summed E-state index contributed by atoms with van der Waals surface area (Å²) in [6.45, 7) is 1.29. The lowest BCUT2D eigenvalue weighted by atomic mass is 10.1. The molecule has 0 atom stereocenters. The maximum absolute atomic E-state index is 11.6. The Labute approximate surface area is 147 Å². The molecule has 0 saturated carbocycles. The number of hydrogen-bond acceptors (Lipinski definition) is 6. The fraction of sp³-hybridized carbons (Fsp3) is 0.222. The number of carboxylic acid groups (broad SMARTS) is 1. The number of thiazole rings is 1. The molecule has 1 aliphatic rings. The van der Waals surface area contributed by atoms with Crippen molar-refractivity contribution in [1.29, 1.82) is 0 Å². The first kappa shape index (κ1) is 16.0. The number of nitrogens with zero attached hydrogens (tertiary/aromatic N) is 1. The van der Waals surface area contributed by atoms with Crippen molar-refractivity contribution in [3.8, 4) is 5.75 Å². The summed E-state index contributed by atoms with van der Waals surface area (Å²) in [6, 6.07) is 11.3. The van der Waals surface area contributed by atoms with Crippen LogP contribution in [0.2, 0.25) is 0 Å². The van der Waals surface area contributed by atoms with E-state index in [1.807, 2.05) is 30.3 Å². The minimum atomic E-state index is -1.04. The Balaban J connectivity index is 1.79. The highest BCUT2D eigenvalue weighted by Crippen LogP contribution is 2.41. The zero-order valence-electron chi connectivity index (χ0n) is 13.2. The number of benzene rings is 2. The summed E-state index contributed by atoms with van der Waals surface area (Å²) in [7, 11) is 0. The Morgan fingerprint density at radius 3 is 2.76 bits per heavy atom. The van der Waals surface area contributed by atoms with Crippen LogP contribution in [-0.2, 0) is 16.1 Å². The normalized spacial score (nSPS) is 14.9. The number of ether oxygens (including phenoxy) is 3. The Morgan fingerprint density at radius 1 is 1.28 bits per heavy atom. The van der Waals surface area contributed by atoms with Crippen molar-refractivity contribution in [2.24, 2.45) is 0 Å². The Hall–Kier alpha value is -2.48. The molecule has 0 bridgehead atoms. The summed E-state index contributed by atoms with van der Waals surface area (Å²) in [4.78, 5) is 15.8. The molecule has 1 saturated heterocycles. The maximum Gasteiger partial charge on any atom is 0.337 e. The number of rotatable bonds is 5. The second-order valence-electron chi connectivity index (χ2n) is 5.53. The van der Waals surface area contributed by atoms with Crippen LogP contribution in [0.25, 0.3) is 10.2 Å². The number of hydrogen-bond donors (Lipinski definition) is 1. The van der Waals surface area contributed by atoms with Crippen molar-refractivity contribution in [2.75, 3.05) is 13.2 Å². The van der Waals surface area contributed by atoms with E-state index in [0.29, 0.717) is 41.4 Å². The molecule has 3 aromatic rings. The zero-order valence-corrected chi connectivity index (χ0v) is 14.0. The smallest absolute Gasteiger partial charge is 0.337 e. The van der Waals surface area contributed by atoms with Gasteiger partial charge in [-0.15, -0.1) is 11.3 Å². The molecule has 0 aliphatic carbocycles. The molecule has 1 aromatic heterocycles. The van der Waals surface area contributed by atoms with Crippen molar-refractivity contribution in [3.05, 3.63) is 58.6 Å². The topological polar surface area (TPSA) is 77.9 Å². The van der Waals surface area contributed by atoms with Gasteiger partial charge in [-0.3, -0.25) is 0 Å². The molecule has 1 fully saturated rings. The van der Waals surface area contributed by atoms with Gasteiger partial charge >= 0.3 is 5.97 Å². The third-order valence-electron chi connectivity index (χ3n) is 3.92. The summed E-state index contributed by atoms with van der Waals surface area (Å²) in [5.41, 5.74) is 3.76. The molecule has 6 nitrogen and oxygen atoms in total. The van der Waals surface area contributed by atoms with E-state index in [0.717, 1.165) is 5.56 Å². The fourth-order valence-electron chi connectivity index (χ4n) is 2.77. The number of carbonyl (C=O) groups is 1. The van der Waals surface area contributed by atoms with Crippen LogP contribution in [0, 0.1) is 0 Å². The highest BCUT2D eigenvalue weighted by Gasteiger charge is 2.28. The largest absolute Gasteiger partial charge is 0.487 e. The molecule has 1 aliphatic heterocycles. The second kappa shape index (κ2) is 6.79. The van der Waals surface area contributed by atoms with E-state index in [4.69, 9.17) is 14.2 Å². The molecule has 0 spiro atoms. The second-order valence-corrected chi connectivity index (χ2v) is 6.38. The van der Waals surface area contributed by atoms with Crippen molar-refractivity contribution in [1.82, 2.24) is 4.98 Å². The lowest BCUT2D eigenvalue weighted by molar-refractivity contribution is -0.0457.